The monoisotopic (exact) mass is 424 g/mol. The first-order valence-corrected chi connectivity index (χ1v) is 8.43. The minimum Gasteiger partial charge on any atom is -0.356 e. The summed E-state index contributed by atoms with van der Waals surface area (Å²) in [5.74, 6) is 1.61. The van der Waals surface area contributed by atoms with Crippen LogP contribution in [0.1, 0.15) is 58.8 Å². The van der Waals surface area contributed by atoms with E-state index in [0.717, 1.165) is 25.3 Å². The number of nitrogens with one attached hydrogen (secondary N) is 3. The van der Waals surface area contributed by atoms with Crippen LogP contribution in [0.2, 0.25) is 0 Å². The zero-order chi connectivity index (χ0) is 15.5. The van der Waals surface area contributed by atoms with Crippen molar-refractivity contribution < 1.29 is 4.79 Å². The highest BCUT2D eigenvalue weighted by Gasteiger charge is 2.16. The lowest BCUT2D eigenvalue weighted by Crippen LogP contribution is -2.41. The first-order chi connectivity index (χ1) is 10.2. The predicted molar refractivity (Wildman–Crippen MR) is 104 cm³/mol. The molecule has 0 unspecified atom stereocenters. The maximum atomic E-state index is 11.8. The van der Waals surface area contributed by atoms with Gasteiger partial charge in [0.05, 0.1) is 0 Å². The van der Waals surface area contributed by atoms with Gasteiger partial charge in [-0.1, -0.05) is 39.5 Å². The zero-order valence-electron chi connectivity index (χ0n) is 14.3. The van der Waals surface area contributed by atoms with E-state index in [4.69, 9.17) is 0 Å². The maximum absolute atomic E-state index is 11.8. The second kappa shape index (κ2) is 13.0. The molecule has 1 rings (SSSR count). The second-order valence-electron chi connectivity index (χ2n) is 5.86. The third-order valence-corrected chi connectivity index (χ3v) is 4.30. The van der Waals surface area contributed by atoms with Crippen molar-refractivity contribution in [3.63, 3.8) is 0 Å². The summed E-state index contributed by atoms with van der Waals surface area (Å²) in [4.78, 5) is 16.0. The molecule has 1 aliphatic rings. The molecule has 0 aromatic carbocycles. The summed E-state index contributed by atoms with van der Waals surface area (Å²) >= 11 is 0. The molecule has 22 heavy (non-hydrogen) atoms. The highest BCUT2D eigenvalue weighted by Crippen LogP contribution is 2.17. The fraction of sp³-hybridized carbons (Fsp3) is 0.875. The Bertz CT molecular complexity index is 326. The number of hydrogen-bond acceptors (Lipinski definition) is 2. The minimum atomic E-state index is 0. The number of rotatable bonds is 8. The van der Waals surface area contributed by atoms with Gasteiger partial charge in [0, 0.05) is 32.6 Å². The number of carbonyl (C=O) groups excluding carboxylic acids is 1. The molecule has 0 aromatic rings. The van der Waals surface area contributed by atoms with Crippen LogP contribution in [0.3, 0.4) is 0 Å². The Morgan fingerprint density at radius 1 is 1.18 bits per heavy atom. The summed E-state index contributed by atoms with van der Waals surface area (Å²) in [5, 5.41) is 9.63. The van der Waals surface area contributed by atoms with Crippen molar-refractivity contribution in [2.75, 3.05) is 20.1 Å². The van der Waals surface area contributed by atoms with Crippen molar-refractivity contribution in [3.8, 4) is 0 Å². The van der Waals surface area contributed by atoms with E-state index in [-0.39, 0.29) is 29.9 Å². The van der Waals surface area contributed by atoms with Crippen LogP contribution in [0.25, 0.3) is 0 Å². The van der Waals surface area contributed by atoms with E-state index >= 15 is 0 Å². The molecule has 0 heterocycles. The van der Waals surface area contributed by atoms with Crippen molar-refractivity contribution in [3.05, 3.63) is 0 Å². The molecule has 1 amide bonds. The van der Waals surface area contributed by atoms with Crippen LogP contribution in [0.4, 0.5) is 0 Å². The second-order valence-corrected chi connectivity index (χ2v) is 5.86. The van der Waals surface area contributed by atoms with Gasteiger partial charge in [0.15, 0.2) is 5.96 Å². The van der Waals surface area contributed by atoms with Crippen LogP contribution >= 0.6 is 24.0 Å². The van der Waals surface area contributed by atoms with Crippen molar-refractivity contribution >= 4 is 35.8 Å². The predicted octanol–water partition coefficient (Wildman–Crippen LogP) is 2.65. The van der Waals surface area contributed by atoms with Gasteiger partial charge in [-0.25, -0.2) is 0 Å². The number of aliphatic imine (C=N–C) groups is 1. The van der Waals surface area contributed by atoms with E-state index in [9.17, 15) is 4.79 Å². The highest BCUT2D eigenvalue weighted by atomic mass is 127. The lowest BCUT2D eigenvalue weighted by atomic mass is 10.0. The van der Waals surface area contributed by atoms with Gasteiger partial charge >= 0.3 is 0 Å². The largest absolute Gasteiger partial charge is 0.356 e. The maximum Gasteiger partial charge on any atom is 0.221 e. The van der Waals surface area contributed by atoms with Crippen LogP contribution in [-0.4, -0.2) is 38.0 Å². The molecule has 0 bridgehead atoms. The molecule has 0 spiro atoms. The average molecular weight is 424 g/mol. The third-order valence-electron chi connectivity index (χ3n) is 4.30. The molecule has 0 radical (unpaired) electrons. The Morgan fingerprint density at radius 3 is 2.36 bits per heavy atom. The third kappa shape index (κ3) is 8.80. The summed E-state index contributed by atoms with van der Waals surface area (Å²) < 4.78 is 0. The molecule has 0 saturated heterocycles. The van der Waals surface area contributed by atoms with Gasteiger partial charge in [-0.3, -0.25) is 9.79 Å². The molecule has 130 valence electrons. The van der Waals surface area contributed by atoms with E-state index < -0.39 is 0 Å². The van der Waals surface area contributed by atoms with Crippen LogP contribution in [-0.2, 0) is 4.79 Å². The molecule has 6 heteroatoms. The van der Waals surface area contributed by atoms with E-state index in [0.29, 0.717) is 24.9 Å². The van der Waals surface area contributed by atoms with E-state index in [1.54, 1.807) is 7.05 Å². The average Bonchev–Trinajstić information content (AvgIpc) is 2.99. The molecule has 1 fully saturated rings. The molecule has 1 aliphatic carbocycles. The normalized spacial score (nSPS) is 15.5. The quantitative estimate of drug-likeness (QED) is 0.319. The first-order valence-electron chi connectivity index (χ1n) is 8.43. The van der Waals surface area contributed by atoms with Crippen LogP contribution in [0.5, 0.6) is 0 Å². The number of nitrogens with zero attached hydrogens (tertiary/aromatic N) is 1. The fourth-order valence-corrected chi connectivity index (χ4v) is 2.70. The van der Waals surface area contributed by atoms with Gasteiger partial charge in [-0.2, -0.15) is 0 Å². The van der Waals surface area contributed by atoms with Crippen molar-refractivity contribution in [1.29, 1.82) is 0 Å². The summed E-state index contributed by atoms with van der Waals surface area (Å²) in [5.41, 5.74) is 0. The summed E-state index contributed by atoms with van der Waals surface area (Å²) in [6.07, 6.45) is 7.61. The molecular formula is C16H33IN4O. The number of guanidine groups is 1. The summed E-state index contributed by atoms with van der Waals surface area (Å²) in [7, 11) is 1.76. The summed E-state index contributed by atoms with van der Waals surface area (Å²) in [6.45, 7) is 5.97. The SMILES string of the molecule is CCC(CC)CNC(=NC)NCCC(=O)NC1CCCC1.I. The van der Waals surface area contributed by atoms with Gasteiger partial charge in [0.25, 0.3) is 0 Å². The molecule has 5 nitrogen and oxygen atoms in total. The number of amides is 1. The van der Waals surface area contributed by atoms with Crippen LogP contribution in [0.15, 0.2) is 4.99 Å². The summed E-state index contributed by atoms with van der Waals surface area (Å²) in [6, 6.07) is 0.407. The molecule has 0 aliphatic heterocycles. The Morgan fingerprint density at radius 2 is 1.82 bits per heavy atom. The Labute approximate surface area is 152 Å². The fourth-order valence-electron chi connectivity index (χ4n) is 2.70. The molecule has 0 atom stereocenters. The molecular weight excluding hydrogens is 391 g/mol. The molecule has 3 N–H and O–H groups in total. The Hall–Kier alpha value is -0.530. The van der Waals surface area contributed by atoms with E-state index in [1.807, 2.05) is 0 Å². The lowest BCUT2D eigenvalue weighted by Gasteiger charge is -2.17. The van der Waals surface area contributed by atoms with Crippen LogP contribution < -0.4 is 16.0 Å². The van der Waals surface area contributed by atoms with Gasteiger partial charge in [0.2, 0.25) is 5.91 Å². The van der Waals surface area contributed by atoms with Gasteiger partial charge < -0.3 is 16.0 Å². The lowest BCUT2D eigenvalue weighted by molar-refractivity contribution is -0.121. The first kappa shape index (κ1) is 21.5. The number of halogens is 1. The zero-order valence-corrected chi connectivity index (χ0v) is 16.6. The van der Waals surface area contributed by atoms with Crippen LogP contribution in [0, 0.1) is 5.92 Å². The molecule has 1 saturated carbocycles. The van der Waals surface area contributed by atoms with Gasteiger partial charge in [-0.15, -0.1) is 24.0 Å². The van der Waals surface area contributed by atoms with Gasteiger partial charge in [-0.05, 0) is 18.8 Å². The van der Waals surface area contributed by atoms with Crippen molar-refractivity contribution in [2.24, 2.45) is 10.9 Å². The van der Waals surface area contributed by atoms with Crippen molar-refractivity contribution in [1.82, 2.24) is 16.0 Å². The standard InChI is InChI=1S/C16H32N4O.HI/c1-4-13(5-2)12-19-16(17-3)18-11-10-15(21)20-14-8-6-7-9-14;/h13-14H,4-12H2,1-3H3,(H,20,21)(H2,17,18,19);1H. The number of carbonyl (C=O) groups is 1. The molecule has 0 aromatic heterocycles. The topological polar surface area (TPSA) is 65.5 Å². The van der Waals surface area contributed by atoms with Gasteiger partial charge in [0.1, 0.15) is 0 Å². The van der Waals surface area contributed by atoms with Crippen molar-refractivity contribution in [2.45, 2.75) is 64.8 Å². The Balaban J connectivity index is 0.00000441. The highest BCUT2D eigenvalue weighted by molar-refractivity contribution is 14.0. The minimum absolute atomic E-state index is 0. The van der Waals surface area contributed by atoms with E-state index in [1.165, 1.54) is 25.7 Å². The Kier molecular flexibility index (Phi) is 12.6. The van der Waals surface area contributed by atoms with E-state index in [2.05, 4.69) is 34.8 Å². The smallest absolute Gasteiger partial charge is 0.221 e. The number of hydrogen-bond donors (Lipinski definition) is 3.